The molecule has 0 aromatic heterocycles. The van der Waals surface area contributed by atoms with E-state index in [9.17, 15) is 0 Å². The van der Waals surface area contributed by atoms with Gasteiger partial charge in [-0.15, -0.1) is 0 Å². The van der Waals surface area contributed by atoms with E-state index >= 15 is 0 Å². The van der Waals surface area contributed by atoms with Crippen molar-refractivity contribution in [3.8, 4) is 0 Å². The first-order valence-electron chi connectivity index (χ1n) is 5.63. The highest BCUT2D eigenvalue weighted by atomic mass is 28.4. The molecule has 0 unspecified atom stereocenters. The molecule has 122 valence electrons. The van der Waals surface area contributed by atoms with Crippen LogP contribution in [0.15, 0.2) is 0 Å². The molecule has 0 aliphatic carbocycles. The minimum Gasteiger partial charge on any atom is -0.425 e. The van der Waals surface area contributed by atoms with Crippen molar-refractivity contribution in [3.63, 3.8) is 0 Å². The molecule has 3 N–H and O–H groups in total. The van der Waals surface area contributed by atoms with Crippen molar-refractivity contribution in [1.82, 2.24) is 0 Å². The quantitative estimate of drug-likeness (QED) is 0.234. The third-order valence-electron chi connectivity index (χ3n) is 1.24. The third kappa shape index (κ3) is 19.1. The molecular weight excluding hydrogens is 393 g/mol. The molecular formula is C3H22O10Si7. The number of hydrogen-bond donors (Lipinski definition) is 3. The predicted molar refractivity (Wildman–Crippen MR) is 86.1 cm³/mol. The van der Waals surface area contributed by atoms with Crippen LogP contribution in [0.25, 0.3) is 0 Å². The summed E-state index contributed by atoms with van der Waals surface area (Å²) in [4.78, 5) is 24.9. The maximum absolute atomic E-state index is 8.31. The van der Waals surface area contributed by atoms with E-state index in [1.165, 1.54) is 0 Å². The average molecular weight is 415 g/mol. The Morgan fingerprint density at radius 2 is 0.950 bits per heavy atom. The first kappa shape index (κ1) is 21.1. The summed E-state index contributed by atoms with van der Waals surface area (Å²) in [7, 11) is -10.0. The van der Waals surface area contributed by atoms with E-state index in [1.807, 2.05) is 0 Å². The smallest absolute Gasteiger partial charge is 0.425 e. The summed E-state index contributed by atoms with van der Waals surface area (Å²) in [5, 5.41) is 0. The summed E-state index contributed by atoms with van der Waals surface area (Å²) in [6.45, 7) is 5.35. The summed E-state index contributed by atoms with van der Waals surface area (Å²) >= 11 is 0. The fourth-order valence-electron chi connectivity index (χ4n) is 0.646. The summed E-state index contributed by atoms with van der Waals surface area (Å²) < 4.78 is 34.3. The van der Waals surface area contributed by atoms with Gasteiger partial charge >= 0.3 is 9.05 Å². The molecule has 1 saturated heterocycles. The zero-order chi connectivity index (χ0) is 15.5. The predicted octanol–water partition coefficient (Wildman–Crippen LogP) is -5.74. The molecule has 0 bridgehead atoms. The normalized spacial score (nSPS) is 24.9. The van der Waals surface area contributed by atoms with Gasteiger partial charge in [0.05, 0.1) is 0 Å². The standard InChI is InChI=1S/C3H12O5Si2.H10O5Si5/c1-9(2,3)7-8-10(4,5)6;1-6-2-8-4-10-5-9-3-7-1/h4-6H,1-3H3;6-10H2. The zero-order valence-electron chi connectivity index (χ0n) is 11.7. The lowest BCUT2D eigenvalue weighted by Crippen LogP contribution is -2.42. The molecule has 20 heavy (non-hydrogen) atoms. The average Bonchev–Trinajstić information content (AvgIpc) is 2.33. The van der Waals surface area contributed by atoms with E-state index in [0.29, 0.717) is 0 Å². The molecule has 0 radical (unpaired) electrons. The Kier molecular flexibility index (Phi) is 12.3. The van der Waals surface area contributed by atoms with Crippen molar-refractivity contribution < 1.29 is 44.1 Å². The Morgan fingerprint density at radius 1 is 0.650 bits per heavy atom. The van der Waals surface area contributed by atoms with Gasteiger partial charge in [0.15, 0.2) is 0 Å². The molecule has 0 atom stereocenters. The van der Waals surface area contributed by atoms with Gasteiger partial charge in [-0.2, -0.15) is 0 Å². The molecule has 1 fully saturated rings. The Hall–Kier alpha value is 1.12. The lowest BCUT2D eigenvalue weighted by Gasteiger charge is -2.17. The highest BCUT2D eigenvalue weighted by molar-refractivity contribution is 6.69. The maximum atomic E-state index is 8.31. The molecule has 1 rings (SSSR count). The van der Waals surface area contributed by atoms with Crippen molar-refractivity contribution in [3.05, 3.63) is 0 Å². The van der Waals surface area contributed by atoms with Crippen LogP contribution in [0, 0.1) is 0 Å². The van der Waals surface area contributed by atoms with Gasteiger partial charge in [-0.25, -0.2) is 4.58 Å². The van der Waals surface area contributed by atoms with Gasteiger partial charge in [0.25, 0.3) is 50.0 Å². The molecule has 0 saturated carbocycles. The van der Waals surface area contributed by atoms with E-state index < -0.39 is 67.4 Å². The van der Waals surface area contributed by atoms with E-state index in [-0.39, 0.29) is 0 Å². The van der Waals surface area contributed by atoms with E-state index in [1.54, 1.807) is 19.6 Å². The largest absolute Gasteiger partial charge is 0.698 e. The van der Waals surface area contributed by atoms with Crippen LogP contribution >= 0.6 is 0 Å². The fraction of sp³-hybridized carbons (Fsp3) is 1.00. The zero-order valence-corrected chi connectivity index (χ0v) is 20.8. The molecule has 1 aliphatic heterocycles. The summed E-state index contributed by atoms with van der Waals surface area (Å²) in [5.41, 5.74) is 0. The van der Waals surface area contributed by atoms with E-state index in [4.69, 9.17) is 35.0 Å². The molecule has 1 heterocycles. The summed E-state index contributed by atoms with van der Waals surface area (Å²) in [6, 6.07) is 0. The van der Waals surface area contributed by atoms with Crippen molar-refractivity contribution in [2.24, 2.45) is 0 Å². The summed E-state index contributed by atoms with van der Waals surface area (Å²) in [5.74, 6) is 0. The third-order valence-corrected chi connectivity index (χ3v) is 8.96. The van der Waals surface area contributed by atoms with Crippen molar-refractivity contribution in [2.75, 3.05) is 0 Å². The molecule has 0 amide bonds. The fourth-order valence-corrected chi connectivity index (χ4v) is 11.1. The van der Waals surface area contributed by atoms with Gasteiger partial charge in [0.2, 0.25) is 8.32 Å². The second-order valence-corrected chi connectivity index (χ2v) is 19.5. The molecule has 1 aliphatic rings. The minimum atomic E-state index is -4.45. The first-order chi connectivity index (χ1) is 9.21. The number of hydrogen-bond acceptors (Lipinski definition) is 10. The lowest BCUT2D eigenvalue weighted by atomic mass is 11.8. The van der Waals surface area contributed by atoms with Crippen LogP contribution in [0.2, 0.25) is 19.6 Å². The van der Waals surface area contributed by atoms with Crippen LogP contribution in [0.5, 0.6) is 0 Å². The Morgan fingerprint density at radius 3 is 1.10 bits per heavy atom. The van der Waals surface area contributed by atoms with Gasteiger partial charge < -0.3 is 35.0 Å². The van der Waals surface area contributed by atoms with E-state index in [0.717, 1.165) is 0 Å². The first-order valence-corrected chi connectivity index (χ1v) is 16.6. The van der Waals surface area contributed by atoms with E-state index in [2.05, 4.69) is 9.15 Å². The monoisotopic (exact) mass is 414 g/mol. The lowest BCUT2D eigenvalue weighted by molar-refractivity contribution is -0.187. The second kappa shape index (κ2) is 11.7. The van der Waals surface area contributed by atoms with Crippen LogP contribution in [0.4, 0.5) is 0 Å². The van der Waals surface area contributed by atoms with Crippen molar-refractivity contribution in [2.45, 2.75) is 19.6 Å². The summed E-state index contributed by atoms with van der Waals surface area (Å²) in [6.07, 6.45) is 0. The maximum Gasteiger partial charge on any atom is 0.698 e. The van der Waals surface area contributed by atoms with Crippen molar-refractivity contribution in [1.29, 1.82) is 0 Å². The molecule has 0 aromatic rings. The number of rotatable bonds is 3. The van der Waals surface area contributed by atoms with Gasteiger partial charge in [-0.3, -0.25) is 4.58 Å². The van der Waals surface area contributed by atoms with Crippen LogP contribution in [-0.2, 0) is 29.7 Å². The van der Waals surface area contributed by atoms with Gasteiger partial charge in [0, 0.05) is 0 Å². The molecule has 10 nitrogen and oxygen atoms in total. The van der Waals surface area contributed by atoms with Crippen LogP contribution in [0.1, 0.15) is 0 Å². The minimum absolute atomic E-state index is 0.724. The van der Waals surface area contributed by atoms with Crippen molar-refractivity contribution >= 4 is 67.4 Å². The van der Waals surface area contributed by atoms with Gasteiger partial charge in [0.1, 0.15) is 0 Å². The topological polar surface area (TPSA) is 125 Å². The Labute approximate surface area is 131 Å². The van der Waals surface area contributed by atoms with Crippen LogP contribution in [0.3, 0.4) is 0 Å². The molecule has 0 aromatic carbocycles. The molecule has 0 spiro atoms. The van der Waals surface area contributed by atoms with Gasteiger partial charge in [-0.05, 0) is 19.6 Å². The van der Waals surface area contributed by atoms with Crippen LogP contribution in [-0.4, -0.2) is 81.8 Å². The Bertz CT molecular complexity index is 183. The van der Waals surface area contributed by atoms with Crippen LogP contribution < -0.4 is 0 Å². The second-order valence-electron chi connectivity index (χ2n) is 4.46. The highest BCUT2D eigenvalue weighted by Gasteiger charge is 2.35. The molecule has 17 heteroatoms. The Balaban J connectivity index is 0.000000361. The SMILES string of the molecule is C[Si](C)(C)OO[Si](O)(O)O.O1[SiH2]O[SiH2]O[SiH2]O[SiH2]O[SiH2]1. The van der Waals surface area contributed by atoms with Gasteiger partial charge in [-0.1, -0.05) is 0 Å². The highest BCUT2D eigenvalue weighted by Crippen LogP contribution is 2.04.